The molecule has 0 aliphatic heterocycles. The van der Waals surface area contributed by atoms with Crippen molar-refractivity contribution >= 4 is 11.4 Å². The van der Waals surface area contributed by atoms with Gasteiger partial charge in [-0.2, -0.15) is 0 Å². The summed E-state index contributed by atoms with van der Waals surface area (Å²) in [6.07, 6.45) is 3.19. The van der Waals surface area contributed by atoms with Crippen LogP contribution in [0.25, 0.3) is 0 Å². The zero-order chi connectivity index (χ0) is 14.2. The molecule has 0 unspecified atom stereocenters. The number of hydrogen-bond donors (Lipinski definition) is 2. The molecule has 0 bridgehead atoms. The van der Waals surface area contributed by atoms with Gasteiger partial charge in [0.1, 0.15) is 11.4 Å². The SMILES string of the molecule is ON=C(C=CC(=NO)c1ccccc1)c1ccccc1. The predicted octanol–water partition coefficient (Wildman–Crippen LogP) is 3.30. The zero-order valence-corrected chi connectivity index (χ0v) is 10.7. The number of rotatable bonds is 4. The van der Waals surface area contributed by atoms with Gasteiger partial charge in [0.2, 0.25) is 0 Å². The minimum atomic E-state index is 0.391. The summed E-state index contributed by atoms with van der Waals surface area (Å²) in [4.78, 5) is 0. The van der Waals surface area contributed by atoms with E-state index in [1.54, 1.807) is 12.2 Å². The molecule has 4 nitrogen and oxygen atoms in total. The van der Waals surface area contributed by atoms with Crippen molar-refractivity contribution in [3.05, 3.63) is 83.9 Å². The van der Waals surface area contributed by atoms with Crippen LogP contribution in [0, 0.1) is 0 Å². The highest BCUT2D eigenvalue weighted by atomic mass is 16.4. The molecule has 4 heteroatoms. The van der Waals surface area contributed by atoms with Crippen molar-refractivity contribution in [1.82, 2.24) is 0 Å². The Morgan fingerprint density at radius 3 is 1.30 bits per heavy atom. The molecule has 100 valence electrons. The number of benzene rings is 2. The highest BCUT2D eigenvalue weighted by molar-refractivity contribution is 6.15. The molecule has 0 fully saturated rings. The smallest absolute Gasteiger partial charge is 0.109 e. The zero-order valence-electron chi connectivity index (χ0n) is 10.7. The van der Waals surface area contributed by atoms with Crippen LogP contribution in [0.4, 0.5) is 0 Å². The van der Waals surface area contributed by atoms with E-state index in [9.17, 15) is 0 Å². The van der Waals surface area contributed by atoms with Gasteiger partial charge < -0.3 is 10.4 Å². The molecule has 0 heterocycles. The number of nitrogens with zero attached hydrogens (tertiary/aromatic N) is 2. The molecule has 2 aromatic carbocycles. The molecular formula is C16H14N2O2. The van der Waals surface area contributed by atoms with E-state index in [1.165, 1.54) is 0 Å². The first kappa shape index (κ1) is 13.5. The fourth-order valence-corrected chi connectivity index (χ4v) is 1.75. The van der Waals surface area contributed by atoms with Gasteiger partial charge in [0.05, 0.1) is 0 Å². The van der Waals surface area contributed by atoms with Crippen LogP contribution in [0.1, 0.15) is 11.1 Å². The largest absolute Gasteiger partial charge is 0.410 e. The maximum Gasteiger partial charge on any atom is 0.109 e. The Bertz CT molecular complexity index is 575. The minimum Gasteiger partial charge on any atom is -0.410 e. The van der Waals surface area contributed by atoms with E-state index in [0.29, 0.717) is 11.4 Å². The Balaban J connectivity index is 2.23. The van der Waals surface area contributed by atoms with E-state index in [-0.39, 0.29) is 0 Å². The fourth-order valence-electron chi connectivity index (χ4n) is 1.75. The Kier molecular flexibility index (Phi) is 4.67. The van der Waals surface area contributed by atoms with Crippen molar-refractivity contribution in [3.63, 3.8) is 0 Å². The average Bonchev–Trinajstić information content (AvgIpc) is 2.53. The predicted molar refractivity (Wildman–Crippen MR) is 78.7 cm³/mol. The average molecular weight is 266 g/mol. The second-order valence-electron chi connectivity index (χ2n) is 4.04. The first-order chi connectivity index (χ1) is 9.85. The van der Waals surface area contributed by atoms with Crippen LogP contribution < -0.4 is 0 Å². The molecule has 0 radical (unpaired) electrons. The quantitative estimate of drug-likeness (QED) is 0.506. The normalized spacial score (nSPS) is 12.8. The number of hydrogen-bond acceptors (Lipinski definition) is 4. The number of oxime groups is 2. The second-order valence-corrected chi connectivity index (χ2v) is 4.04. The lowest BCUT2D eigenvalue weighted by molar-refractivity contribution is 0.319. The topological polar surface area (TPSA) is 65.2 Å². The Morgan fingerprint density at radius 1 is 0.650 bits per heavy atom. The van der Waals surface area contributed by atoms with Crippen LogP contribution in [-0.4, -0.2) is 21.8 Å². The van der Waals surface area contributed by atoms with Crippen molar-refractivity contribution in [2.45, 2.75) is 0 Å². The van der Waals surface area contributed by atoms with Gasteiger partial charge in [0.25, 0.3) is 0 Å². The summed E-state index contributed by atoms with van der Waals surface area (Å²) in [5.74, 6) is 0. The van der Waals surface area contributed by atoms with E-state index in [1.807, 2.05) is 60.7 Å². The number of allylic oxidation sites excluding steroid dienone is 2. The Hall–Kier alpha value is -2.88. The van der Waals surface area contributed by atoms with Gasteiger partial charge in [-0.05, 0) is 12.2 Å². The first-order valence-electron chi connectivity index (χ1n) is 6.08. The lowest BCUT2D eigenvalue weighted by Crippen LogP contribution is -2.00. The maximum absolute atomic E-state index is 9.07. The molecule has 0 spiro atoms. The molecule has 0 atom stereocenters. The molecule has 0 saturated heterocycles. The van der Waals surface area contributed by atoms with Crippen LogP contribution in [0.5, 0.6) is 0 Å². The van der Waals surface area contributed by atoms with Gasteiger partial charge in [0.15, 0.2) is 0 Å². The maximum atomic E-state index is 9.07. The Labute approximate surface area is 117 Å². The van der Waals surface area contributed by atoms with E-state index >= 15 is 0 Å². The highest BCUT2D eigenvalue weighted by Gasteiger charge is 2.02. The van der Waals surface area contributed by atoms with Crippen LogP contribution in [0.15, 0.2) is 83.1 Å². The summed E-state index contributed by atoms with van der Waals surface area (Å²) in [5.41, 5.74) is 2.33. The van der Waals surface area contributed by atoms with Crippen molar-refractivity contribution in [2.75, 3.05) is 0 Å². The summed E-state index contributed by atoms with van der Waals surface area (Å²) in [6.45, 7) is 0. The van der Waals surface area contributed by atoms with Crippen molar-refractivity contribution in [1.29, 1.82) is 0 Å². The highest BCUT2D eigenvalue weighted by Crippen LogP contribution is 2.06. The molecule has 2 N–H and O–H groups in total. The van der Waals surface area contributed by atoms with Gasteiger partial charge in [0, 0.05) is 11.1 Å². The standard InChI is InChI=1S/C16H14N2O2/c19-17-15(13-7-3-1-4-8-13)11-12-16(18-20)14-9-5-2-6-10-14/h1-12,19-20H. The molecule has 0 saturated carbocycles. The van der Waals surface area contributed by atoms with Crippen LogP contribution >= 0.6 is 0 Å². The van der Waals surface area contributed by atoms with Crippen molar-refractivity contribution in [3.8, 4) is 0 Å². The van der Waals surface area contributed by atoms with Crippen molar-refractivity contribution in [2.24, 2.45) is 10.3 Å². The van der Waals surface area contributed by atoms with Crippen LogP contribution in [0.2, 0.25) is 0 Å². The van der Waals surface area contributed by atoms with E-state index in [4.69, 9.17) is 10.4 Å². The second kappa shape index (κ2) is 6.89. The lowest BCUT2D eigenvalue weighted by Gasteiger charge is -2.00. The third-order valence-corrected chi connectivity index (χ3v) is 2.75. The van der Waals surface area contributed by atoms with Gasteiger partial charge in [-0.1, -0.05) is 71.0 Å². The van der Waals surface area contributed by atoms with Gasteiger partial charge >= 0.3 is 0 Å². The lowest BCUT2D eigenvalue weighted by atomic mass is 10.1. The van der Waals surface area contributed by atoms with E-state index < -0.39 is 0 Å². The summed E-state index contributed by atoms with van der Waals surface area (Å²) in [5, 5.41) is 24.6. The van der Waals surface area contributed by atoms with Crippen LogP contribution in [0.3, 0.4) is 0 Å². The van der Waals surface area contributed by atoms with Gasteiger partial charge in [-0.15, -0.1) is 0 Å². The molecule has 0 aliphatic carbocycles. The summed E-state index contributed by atoms with van der Waals surface area (Å²) in [7, 11) is 0. The third-order valence-electron chi connectivity index (χ3n) is 2.75. The molecule has 0 aromatic heterocycles. The van der Waals surface area contributed by atoms with Crippen LogP contribution in [-0.2, 0) is 0 Å². The monoisotopic (exact) mass is 266 g/mol. The third kappa shape index (κ3) is 3.32. The summed E-state index contributed by atoms with van der Waals surface area (Å²) < 4.78 is 0. The molecule has 2 rings (SSSR count). The molecule has 0 amide bonds. The van der Waals surface area contributed by atoms with Crippen molar-refractivity contribution < 1.29 is 10.4 Å². The molecule has 2 aromatic rings. The fraction of sp³-hybridized carbons (Fsp3) is 0. The molecule has 0 aliphatic rings. The van der Waals surface area contributed by atoms with E-state index in [2.05, 4.69) is 10.3 Å². The van der Waals surface area contributed by atoms with Gasteiger partial charge in [-0.25, -0.2) is 0 Å². The van der Waals surface area contributed by atoms with Gasteiger partial charge in [-0.3, -0.25) is 0 Å². The summed E-state index contributed by atoms with van der Waals surface area (Å²) in [6, 6.07) is 18.5. The Morgan fingerprint density at radius 2 is 1.00 bits per heavy atom. The first-order valence-corrected chi connectivity index (χ1v) is 6.08. The molecule has 20 heavy (non-hydrogen) atoms. The molecular weight excluding hydrogens is 252 g/mol. The van der Waals surface area contributed by atoms with E-state index in [0.717, 1.165) is 11.1 Å². The summed E-state index contributed by atoms with van der Waals surface area (Å²) >= 11 is 0. The minimum absolute atomic E-state index is 0.391.